The molecule has 17 nitrogen and oxygen atoms in total. The Kier molecular flexibility index (Phi) is 13.7. The summed E-state index contributed by atoms with van der Waals surface area (Å²) in [4.78, 5) is 61.7. The van der Waals surface area contributed by atoms with E-state index in [1.54, 1.807) is 46.6 Å². The molecule has 0 radical (unpaired) electrons. The van der Waals surface area contributed by atoms with Crippen LogP contribution in [0.15, 0.2) is 0 Å². The second kappa shape index (κ2) is 17.0. The van der Waals surface area contributed by atoms with Crippen molar-refractivity contribution in [2.24, 2.45) is 23.2 Å². The van der Waals surface area contributed by atoms with Crippen LogP contribution in [0.4, 0.5) is 0 Å². The smallest absolute Gasteiger partial charge is 0.324 e. The van der Waals surface area contributed by atoms with Gasteiger partial charge in [0.05, 0.1) is 17.8 Å². The predicted octanol–water partition coefficient (Wildman–Crippen LogP) is 0.848. The maximum absolute atomic E-state index is 15.1. The topological polar surface area (TPSA) is 209 Å². The number of esters is 2. The molecule has 5 aliphatic heterocycles. The van der Waals surface area contributed by atoms with Crippen molar-refractivity contribution in [3.8, 4) is 0 Å². The summed E-state index contributed by atoms with van der Waals surface area (Å²) in [6, 6.07) is -1.21. The fourth-order valence-electron chi connectivity index (χ4n) is 10.6. The summed E-state index contributed by atoms with van der Waals surface area (Å²) in [6.07, 6.45) is -12.4. The van der Waals surface area contributed by atoms with Gasteiger partial charge in [0.2, 0.25) is 0 Å². The monoisotopic (exact) mass is 828 g/mol. The van der Waals surface area contributed by atoms with E-state index in [-0.39, 0.29) is 25.2 Å². The summed E-state index contributed by atoms with van der Waals surface area (Å²) >= 11 is 0. The second-order valence-corrected chi connectivity index (χ2v) is 18.5. The van der Waals surface area contributed by atoms with E-state index in [1.807, 2.05) is 32.8 Å². The van der Waals surface area contributed by atoms with Crippen LogP contribution in [0, 0.1) is 23.2 Å². The number of ether oxygens (including phenoxy) is 8. The molecule has 5 rings (SSSR count). The molecule has 0 aliphatic carbocycles. The number of ketones is 2. The van der Waals surface area contributed by atoms with E-state index in [0.29, 0.717) is 6.42 Å². The zero-order valence-electron chi connectivity index (χ0n) is 36.6. The van der Waals surface area contributed by atoms with Crippen LogP contribution < -0.4 is 0 Å². The van der Waals surface area contributed by atoms with Gasteiger partial charge in [-0.25, -0.2) is 0 Å². The maximum atomic E-state index is 15.1. The number of hydrogen-bond acceptors (Lipinski definition) is 17. The third-order valence-corrected chi connectivity index (χ3v) is 14.1. The molecule has 0 amide bonds. The van der Waals surface area contributed by atoms with Crippen LogP contribution in [0.2, 0.25) is 0 Å². The molecule has 0 spiro atoms. The van der Waals surface area contributed by atoms with E-state index in [9.17, 15) is 24.9 Å². The minimum Gasteiger partial charge on any atom is -0.458 e. The van der Waals surface area contributed by atoms with Crippen molar-refractivity contribution in [2.45, 2.75) is 172 Å². The lowest BCUT2D eigenvalue weighted by molar-refractivity contribution is -0.351. The molecule has 5 unspecified atom stereocenters. The van der Waals surface area contributed by atoms with Gasteiger partial charge in [0.25, 0.3) is 0 Å². The zero-order chi connectivity index (χ0) is 43.6. The Hall–Kier alpha value is -2.16. The van der Waals surface area contributed by atoms with Crippen molar-refractivity contribution in [3.05, 3.63) is 0 Å². The number of Topliss-reactive ketones (excluding diaryl/α,β-unsaturated/α-hetero) is 2. The van der Waals surface area contributed by atoms with Crippen LogP contribution in [0.3, 0.4) is 0 Å². The number of carbonyl (C=O) groups is 4. The highest BCUT2D eigenvalue weighted by atomic mass is 16.7. The van der Waals surface area contributed by atoms with E-state index in [0.717, 1.165) is 0 Å². The van der Waals surface area contributed by atoms with Crippen LogP contribution in [0.25, 0.3) is 0 Å². The summed E-state index contributed by atoms with van der Waals surface area (Å²) in [7, 11) is 8.08. The number of nitrogens with zero attached hydrogens (tertiary/aromatic N) is 2. The fourth-order valence-corrected chi connectivity index (χ4v) is 10.6. The Morgan fingerprint density at radius 2 is 1.52 bits per heavy atom. The minimum absolute atomic E-state index is 0.0765. The molecule has 3 N–H and O–H groups in total. The molecule has 5 fully saturated rings. The van der Waals surface area contributed by atoms with E-state index < -0.39 is 131 Å². The van der Waals surface area contributed by atoms with Crippen molar-refractivity contribution in [1.82, 2.24) is 9.80 Å². The first kappa shape index (κ1) is 46.9. The Labute approximate surface area is 342 Å². The quantitative estimate of drug-likeness (QED) is 0.229. The average Bonchev–Trinajstić information content (AvgIpc) is 3.63. The van der Waals surface area contributed by atoms with Gasteiger partial charge in [-0.3, -0.25) is 24.1 Å². The first-order valence-corrected chi connectivity index (χ1v) is 20.5. The Morgan fingerprint density at radius 1 is 0.879 bits per heavy atom. The molecule has 332 valence electrons. The number of likely N-dealkylation sites (tertiary alicyclic amines) is 1. The summed E-state index contributed by atoms with van der Waals surface area (Å²) in [5, 5.41) is 34.4. The average molecular weight is 829 g/mol. The van der Waals surface area contributed by atoms with Crippen molar-refractivity contribution in [1.29, 1.82) is 0 Å². The SMILES string of the molecule is CC[C@@H]1OC(=O)[C@H](C)C(=O)[C@H](OC2O[C@H](C)[C@@H](O)C(C)(OC)[C@H]2O)[C@@H](O[C@@H]2O[C@H](C)C[C@H](N(C)C)[C@H]2O)[C@@](C)(OC)C[C@@H](C)C(=O)C2(C)CN(C)C3C(=O)O[C@@]1(C)C32. The van der Waals surface area contributed by atoms with Crippen LogP contribution in [-0.2, 0) is 57.1 Å². The number of likely N-dealkylation sites (N-methyl/N-ethyl adjacent to an activating group) is 2. The van der Waals surface area contributed by atoms with Gasteiger partial charge in [-0.15, -0.1) is 0 Å². The molecule has 0 aromatic rings. The van der Waals surface area contributed by atoms with E-state index in [1.165, 1.54) is 28.1 Å². The maximum Gasteiger partial charge on any atom is 0.324 e. The summed E-state index contributed by atoms with van der Waals surface area (Å²) in [6.45, 7) is 15.1. The van der Waals surface area contributed by atoms with Crippen molar-refractivity contribution in [3.63, 3.8) is 0 Å². The lowest BCUT2D eigenvalue weighted by Crippen LogP contribution is -2.68. The fraction of sp³-hybridized carbons (Fsp3) is 0.902. The number of aliphatic hydroxyl groups excluding tert-OH is 3. The summed E-state index contributed by atoms with van der Waals surface area (Å²) < 4.78 is 49.5. The van der Waals surface area contributed by atoms with Gasteiger partial charge in [0, 0.05) is 44.1 Å². The Balaban J connectivity index is 1.70. The number of hydrogen-bond donors (Lipinski definition) is 3. The molecule has 5 saturated heterocycles. The largest absolute Gasteiger partial charge is 0.458 e. The second-order valence-electron chi connectivity index (χ2n) is 18.5. The third-order valence-electron chi connectivity index (χ3n) is 14.1. The molecular formula is C41H68N2O15. The Bertz CT molecular complexity index is 1550. The number of methoxy groups -OCH3 is 2. The predicted molar refractivity (Wildman–Crippen MR) is 205 cm³/mol. The van der Waals surface area contributed by atoms with Crippen LogP contribution >= 0.6 is 0 Å². The molecule has 5 heterocycles. The normalized spacial score (nSPS) is 49.7. The highest BCUT2D eigenvalue weighted by Gasteiger charge is 2.71. The van der Waals surface area contributed by atoms with Crippen molar-refractivity contribution in [2.75, 3.05) is 41.9 Å². The molecule has 0 saturated carbocycles. The van der Waals surface area contributed by atoms with Gasteiger partial charge in [-0.1, -0.05) is 20.8 Å². The van der Waals surface area contributed by atoms with Crippen LogP contribution in [0.1, 0.15) is 81.6 Å². The van der Waals surface area contributed by atoms with E-state index >= 15 is 9.59 Å². The first-order chi connectivity index (χ1) is 26.9. The Morgan fingerprint density at radius 3 is 2.09 bits per heavy atom. The van der Waals surface area contributed by atoms with Gasteiger partial charge < -0.3 is 58.1 Å². The minimum atomic E-state index is -1.82. The molecule has 19 atom stereocenters. The molecular weight excluding hydrogens is 760 g/mol. The van der Waals surface area contributed by atoms with Gasteiger partial charge in [-0.05, 0) is 81.9 Å². The number of carbonyl (C=O) groups excluding carboxylic acids is 4. The van der Waals surface area contributed by atoms with Gasteiger partial charge >= 0.3 is 11.9 Å². The van der Waals surface area contributed by atoms with Gasteiger partial charge in [0.1, 0.15) is 60.0 Å². The standard InChI is InChI=1S/C41H68N2O15/c1-15-24-40(8)29-25(35(50)58-40)43(12)18-38(29,6)30(46)19(2)17-39(7,51-13)33(57-36-27(45)23(42(10)11)16-20(3)53-36)28(26(44)21(4)34(49)55-24)56-37-32(48)41(9,52-14)31(47)22(5)54-37/h19-25,27-29,31-33,36-37,45,47-48H,15-18H2,1-14H3/t19-,20-,21-,22-,23+,24+,25?,27-,28+,29?,31-,32+,33-,36+,37?,38?,39+,40-,41?/m1/s1. The summed E-state index contributed by atoms with van der Waals surface area (Å²) in [5.41, 5.74) is -5.86. The van der Waals surface area contributed by atoms with Crippen molar-refractivity contribution >= 4 is 23.5 Å². The first-order valence-electron chi connectivity index (χ1n) is 20.5. The number of aliphatic hydroxyl groups is 3. The van der Waals surface area contributed by atoms with Gasteiger partial charge in [0.15, 0.2) is 24.0 Å². The lowest BCUT2D eigenvalue weighted by atomic mass is 9.62. The highest BCUT2D eigenvalue weighted by Crippen LogP contribution is 2.55. The third kappa shape index (κ3) is 7.80. The molecule has 17 heteroatoms. The van der Waals surface area contributed by atoms with E-state index in [4.69, 9.17) is 37.9 Å². The zero-order valence-corrected chi connectivity index (χ0v) is 36.6. The van der Waals surface area contributed by atoms with E-state index in [2.05, 4.69) is 0 Å². The molecule has 58 heavy (non-hydrogen) atoms. The molecule has 0 aromatic carbocycles. The molecule has 0 aromatic heterocycles. The summed E-state index contributed by atoms with van der Waals surface area (Å²) in [5.74, 6) is -5.64. The van der Waals surface area contributed by atoms with Crippen LogP contribution in [0.5, 0.6) is 0 Å². The van der Waals surface area contributed by atoms with Crippen molar-refractivity contribution < 1.29 is 72.4 Å². The lowest BCUT2D eigenvalue weighted by Gasteiger charge is -2.50. The van der Waals surface area contributed by atoms with Crippen LogP contribution in [-0.4, -0.2) is 181 Å². The number of rotatable bonds is 8. The van der Waals surface area contributed by atoms with Gasteiger partial charge in [-0.2, -0.15) is 0 Å². The molecule has 5 aliphatic rings. The molecule has 0 bridgehead atoms. The highest BCUT2D eigenvalue weighted by molar-refractivity contribution is 6.01. The number of cyclic esters (lactones) is 1.